The van der Waals surface area contributed by atoms with Gasteiger partial charge in [-0.25, -0.2) is 9.59 Å². The molecule has 2 atom stereocenters. The maximum atomic E-state index is 12.9. The number of carboxylic acids is 1. The van der Waals surface area contributed by atoms with E-state index < -0.39 is 24.1 Å². The van der Waals surface area contributed by atoms with Gasteiger partial charge in [0.2, 0.25) is 0 Å². The van der Waals surface area contributed by atoms with Crippen LogP contribution in [0.15, 0.2) is 48.5 Å². The number of rotatable bonds is 10. The van der Waals surface area contributed by atoms with E-state index in [1.54, 1.807) is 25.3 Å². The summed E-state index contributed by atoms with van der Waals surface area (Å²) >= 11 is 0. The van der Waals surface area contributed by atoms with E-state index in [4.69, 9.17) is 19.0 Å². The topological polar surface area (TPSA) is 97.8 Å². The highest BCUT2D eigenvalue weighted by atomic mass is 16.7. The molecule has 0 aromatic heterocycles. The van der Waals surface area contributed by atoms with Gasteiger partial charge in [-0.1, -0.05) is 36.4 Å². The summed E-state index contributed by atoms with van der Waals surface area (Å²) < 4.78 is 15.9. The Labute approximate surface area is 179 Å². The number of hydrogen-bond donors (Lipinski definition) is 1. The number of ether oxygens (including phenoxy) is 3. The second kappa shape index (κ2) is 9.34. The van der Waals surface area contributed by atoms with Crippen molar-refractivity contribution in [3.05, 3.63) is 65.2 Å². The van der Waals surface area contributed by atoms with Crippen LogP contribution in [0.1, 0.15) is 28.8 Å². The molecule has 2 amide bonds. The summed E-state index contributed by atoms with van der Waals surface area (Å²) in [5, 5.41) is 11.1. The van der Waals surface area contributed by atoms with Gasteiger partial charge in [0, 0.05) is 7.11 Å². The number of nitrogens with zero attached hydrogens (tertiary/aromatic N) is 2. The number of fused-ring (bicyclic) bond motifs is 4. The average Bonchev–Trinajstić information content (AvgIpc) is 3.05. The summed E-state index contributed by atoms with van der Waals surface area (Å²) in [4.78, 5) is 32.1. The zero-order valence-corrected chi connectivity index (χ0v) is 17.1. The Bertz CT molecular complexity index is 937. The van der Waals surface area contributed by atoms with Gasteiger partial charge in [0.1, 0.15) is 18.4 Å². The molecule has 2 bridgehead atoms. The molecule has 0 radical (unpaired) electrons. The van der Waals surface area contributed by atoms with E-state index in [0.29, 0.717) is 30.1 Å². The highest BCUT2D eigenvalue weighted by molar-refractivity contribution is 5.87. The first-order valence-electron chi connectivity index (χ1n) is 9.93. The van der Waals surface area contributed by atoms with E-state index >= 15 is 0 Å². The van der Waals surface area contributed by atoms with Crippen LogP contribution in [-0.2, 0) is 25.7 Å². The van der Waals surface area contributed by atoms with Crippen molar-refractivity contribution in [3.63, 3.8) is 0 Å². The average molecular weight is 428 g/mol. The molecule has 2 aromatic carbocycles. The Morgan fingerprint density at radius 1 is 1.13 bits per heavy atom. The molecule has 0 saturated carbocycles. The molecule has 2 aromatic rings. The first-order valence-corrected chi connectivity index (χ1v) is 9.93. The van der Waals surface area contributed by atoms with Gasteiger partial charge in [-0.2, -0.15) is 5.06 Å². The van der Waals surface area contributed by atoms with Crippen molar-refractivity contribution in [3.8, 4) is 5.75 Å². The number of methoxy groups -OCH3 is 1. The van der Waals surface area contributed by atoms with Gasteiger partial charge in [-0.3, -0.25) is 4.84 Å². The van der Waals surface area contributed by atoms with E-state index in [-0.39, 0.29) is 19.9 Å². The quantitative estimate of drug-likeness (QED) is 0.459. The number of hydrogen-bond acceptors (Lipinski definition) is 6. The highest BCUT2D eigenvalue weighted by Gasteiger charge is 2.51. The third-order valence-corrected chi connectivity index (χ3v) is 5.30. The predicted molar refractivity (Wildman–Crippen MR) is 108 cm³/mol. The van der Waals surface area contributed by atoms with Crippen LogP contribution in [0, 0.1) is 0 Å². The van der Waals surface area contributed by atoms with Gasteiger partial charge in [-0.15, -0.1) is 0 Å². The molecule has 2 heterocycles. The summed E-state index contributed by atoms with van der Waals surface area (Å²) in [6.07, 6.45) is 0. The molecule has 1 N–H and O–H groups in total. The second-order valence-corrected chi connectivity index (χ2v) is 7.23. The molecular formula is C22H24N2O7. The van der Waals surface area contributed by atoms with Gasteiger partial charge in [-0.05, 0) is 28.8 Å². The lowest BCUT2D eigenvalue weighted by atomic mass is 9.91. The van der Waals surface area contributed by atoms with Gasteiger partial charge < -0.3 is 24.2 Å². The molecule has 1 fully saturated rings. The summed E-state index contributed by atoms with van der Waals surface area (Å²) in [5.74, 6) is -0.564. The number of amides is 2. The molecule has 0 spiro atoms. The monoisotopic (exact) mass is 428 g/mol. The van der Waals surface area contributed by atoms with Gasteiger partial charge in [0.25, 0.3) is 0 Å². The van der Waals surface area contributed by atoms with E-state index in [9.17, 15) is 14.7 Å². The number of urea groups is 1. The predicted octanol–water partition coefficient (Wildman–Crippen LogP) is 2.74. The molecule has 0 aliphatic carbocycles. The van der Waals surface area contributed by atoms with Crippen LogP contribution >= 0.6 is 0 Å². The summed E-state index contributed by atoms with van der Waals surface area (Å²) in [5.41, 5.74) is 2.15. The maximum absolute atomic E-state index is 12.9. The van der Waals surface area contributed by atoms with Crippen molar-refractivity contribution in [2.75, 3.05) is 33.7 Å². The molecule has 0 unspecified atom stereocenters. The largest absolute Gasteiger partial charge is 0.479 e. The van der Waals surface area contributed by atoms with Crippen molar-refractivity contribution in [2.45, 2.75) is 18.7 Å². The SMILES string of the molecule is COCCOCOc1ccc2c(c1)[C@H]1CN(C(=O)N1OCc1ccccc1)[C@H]2C(=O)O. The van der Waals surface area contributed by atoms with Crippen LogP contribution in [0.4, 0.5) is 4.79 Å². The second-order valence-electron chi connectivity index (χ2n) is 7.23. The number of benzene rings is 2. The zero-order valence-electron chi connectivity index (χ0n) is 17.1. The van der Waals surface area contributed by atoms with Crippen molar-refractivity contribution in [2.24, 2.45) is 0 Å². The fourth-order valence-electron chi connectivity index (χ4n) is 3.83. The van der Waals surface area contributed by atoms with E-state index in [1.807, 2.05) is 30.3 Å². The fraction of sp³-hybridized carbons (Fsp3) is 0.364. The summed E-state index contributed by atoms with van der Waals surface area (Å²) in [6.45, 7) is 1.32. The number of carboxylic acid groups (broad SMARTS) is 1. The smallest absolute Gasteiger partial charge is 0.345 e. The minimum absolute atomic E-state index is 0.0362. The van der Waals surface area contributed by atoms with Crippen LogP contribution < -0.4 is 4.74 Å². The van der Waals surface area contributed by atoms with Gasteiger partial charge in [0.05, 0.1) is 19.8 Å². The minimum Gasteiger partial charge on any atom is -0.479 e. The molecule has 164 valence electrons. The number of aliphatic carboxylic acids is 1. The third-order valence-electron chi connectivity index (χ3n) is 5.30. The Kier molecular flexibility index (Phi) is 6.36. The molecule has 9 heteroatoms. The van der Waals surface area contributed by atoms with Crippen LogP contribution in [0.3, 0.4) is 0 Å². The van der Waals surface area contributed by atoms with Crippen molar-refractivity contribution in [1.29, 1.82) is 0 Å². The number of carbonyl (C=O) groups is 2. The van der Waals surface area contributed by atoms with E-state index in [1.165, 1.54) is 9.96 Å². The van der Waals surface area contributed by atoms with Crippen LogP contribution in [0.25, 0.3) is 0 Å². The molecule has 1 saturated heterocycles. The summed E-state index contributed by atoms with van der Waals surface area (Å²) in [7, 11) is 1.59. The van der Waals surface area contributed by atoms with Crippen LogP contribution in [0.5, 0.6) is 5.75 Å². The maximum Gasteiger partial charge on any atom is 0.345 e. The van der Waals surface area contributed by atoms with E-state index in [2.05, 4.69) is 0 Å². The molecule has 4 rings (SSSR count). The van der Waals surface area contributed by atoms with Crippen LogP contribution in [0.2, 0.25) is 0 Å². The molecule has 2 aliphatic heterocycles. The Hall–Kier alpha value is -3.14. The lowest BCUT2D eigenvalue weighted by Gasteiger charge is -2.30. The number of hydroxylamine groups is 2. The highest BCUT2D eigenvalue weighted by Crippen LogP contribution is 2.45. The molecule has 2 aliphatic rings. The normalized spacial score (nSPS) is 19.5. The van der Waals surface area contributed by atoms with Gasteiger partial charge >= 0.3 is 12.0 Å². The van der Waals surface area contributed by atoms with E-state index in [0.717, 1.165) is 5.56 Å². The Morgan fingerprint density at radius 3 is 2.68 bits per heavy atom. The first kappa shape index (κ1) is 21.1. The summed E-state index contributed by atoms with van der Waals surface area (Å²) in [6, 6.07) is 12.6. The fourth-order valence-corrected chi connectivity index (χ4v) is 3.83. The molecule has 9 nitrogen and oxygen atoms in total. The minimum atomic E-state index is -1.09. The zero-order chi connectivity index (χ0) is 21.8. The van der Waals surface area contributed by atoms with Crippen LogP contribution in [-0.4, -0.2) is 60.7 Å². The Balaban J connectivity index is 1.55. The van der Waals surface area contributed by atoms with Crippen molar-refractivity contribution >= 4 is 12.0 Å². The standard InChI is InChI=1S/C22H24N2O7/c1-28-9-10-29-14-30-16-7-8-17-18(11-16)19-12-23(20(17)21(25)26)22(27)24(19)31-13-15-5-3-2-4-6-15/h2-8,11,19-20H,9-10,12-14H2,1H3,(H,25,26)/t19-,20-/m1/s1. The molecule has 31 heavy (non-hydrogen) atoms. The third kappa shape index (κ3) is 4.34. The number of carbonyl (C=O) groups excluding carboxylic acids is 1. The first-order chi connectivity index (χ1) is 15.1. The lowest BCUT2D eigenvalue weighted by Crippen LogP contribution is -2.38. The Morgan fingerprint density at radius 2 is 1.94 bits per heavy atom. The van der Waals surface area contributed by atoms with Gasteiger partial charge in [0.15, 0.2) is 12.8 Å². The van der Waals surface area contributed by atoms with Crippen molar-refractivity contribution in [1.82, 2.24) is 9.96 Å². The molecular weight excluding hydrogens is 404 g/mol. The lowest BCUT2D eigenvalue weighted by molar-refractivity contribution is -0.143. The van der Waals surface area contributed by atoms with Crippen molar-refractivity contribution < 1.29 is 33.7 Å².